The summed E-state index contributed by atoms with van der Waals surface area (Å²) in [7, 11) is 0. The molecule has 2 rings (SSSR count). The highest BCUT2D eigenvalue weighted by Gasteiger charge is 2.11. The minimum atomic E-state index is -1.25. The molecule has 0 unspecified atom stereocenters. The summed E-state index contributed by atoms with van der Waals surface area (Å²) >= 11 is 0. The van der Waals surface area contributed by atoms with Gasteiger partial charge in [-0.2, -0.15) is 0 Å². The number of aromatic amines is 1. The Morgan fingerprint density at radius 2 is 1.95 bits per heavy atom. The quantitative estimate of drug-likeness (QED) is 0.879. The fourth-order valence-corrected chi connectivity index (χ4v) is 1.59. The second kappa shape index (κ2) is 5.39. The highest BCUT2D eigenvalue weighted by Crippen LogP contribution is 2.12. The molecule has 0 aliphatic carbocycles. The van der Waals surface area contributed by atoms with Crippen LogP contribution in [0.4, 0.5) is 0 Å². The first-order valence-electron chi connectivity index (χ1n) is 5.70. The Labute approximate surface area is 109 Å². The number of aryl methyl sites for hydroxylation is 1. The van der Waals surface area contributed by atoms with Crippen molar-refractivity contribution in [2.45, 2.75) is 13.5 Å². The van der Waals surface area contributed by atoms with Crippen LogP contribution in [0.5, 0.6) is 5.75 Å². The van der Waals surface area contributed by atoms with Crippen molar-refractivity contribution >= 4 is 5.97 Å². The number of benzene rings is 1. The Morgan fingerprint density at radius 3 is 2.58 bits per heavy atom. The topological polar surface area (TPSA) is 79.4 Å². The minimum absolute atomic E-state index is 0.0273. The number of carbonyl (C=O) groups is 1. The molecule has 2 N–H and O–H groups in total. The first-order chi connectivity index (χ1) is 9.08. The SMILES string of the molecule is Cc1ccc(OCc2c[nH]cc(C(=O)O)c2=O)cc1. The van der Waals surface area contributed by atoms with Crippen molar-refractivity contribution in [3.63, 3.8) is 0 Å². The van der Waals surface area contributed by atoms with Gasteiger partial charge < -0.3 is 14.8 Å². The summed E-state index contributed by atoms with van der Waals surface area (Å²) in [6.45, 7) is 1.99. The number of pyridine rings is 1. The number of H-pyrrole nitrogens is 1. The molecule has 0 aliphatic rings. The fourth-order valence-electron chi connectivity index (χ4n) is 1.59. The van der Waals surface area contributed by atoms with Crippen LogP contribution < -0.4 is 10.2 Å². The summed E-state index contributed by atoms with van der Waals surface area (Å²) in [5, 5.41) is 8.85. The van der Waals surface area contributed by atoms with E-state index in [9.17, 15) is 9.59 Å². The molecule has 5 nitrogen and oxygen atoms in total. The lowest BCUT2D eigenvalue weighted by Crippen LogP contribution is -2.20. The molecule has 0 fully saturated rings. The van der Waals surface area contributed by atoms with Crippen molar-refractivity contribution < 1.29 is 14.6 Å². The Balaban J connectivity index is 2.16. The third kappa shape index (κ3) is 3.01. The van der Waals surface area contributed by atoms with E-state index in [1.807, 2.05) is 19.1 Å². The van der Waals surface area contributed by atoms with E-state index in [1.165, 1.54) is 12.4 Å². The molecule has 5 heteroatoms. The largest absolute Gasteiger partial charge is 0.489 e. The van der Waals surface area contributed by atoms with Crippen LogP contribution in [0, 0.1) is 6.92 Å². The summed E-state index contributed by atoms with van der Waals surface area (Å²) in [4.78, 5) is 25.3. The van der Waals surface area contributed by atoms with Crippen molar-refractivity contribution in [2.24, 2.45) is 0 Å². The molecule has 0 atom stereocenters. The molecular formula is C14H13NO4. The standard InChI is InChI=1S/C14H13NO4/c1-9-2-4-11(5-3-9)19-8-10-6-15-7-12(13(10)16)14(17)18/h2-7H,8H2,1H3,(H,15,16)(H,17,18). The van der Waals surface area contributed by atoms with Gasteiger partial charge in [-0.25, -0.2) is 4.79 Å². The van der Waals surface area contributed by atoms with Gasteiger partial charge in [-0.3, -0.25) is 4.79 Å². The van der Waals surface area contributed by atoms with E-state index in [4.69, 9.17) is 9.84 Å². The van der Waals surface area contributed by atoms with Gasteiger partial charge in [-0.15, -0.1) is 0 Å². The first kappa shape index (κ1) is 12.9. The van der Waals surface area contributed by atoms with Crippen LogP contribution in [0.3, 0.4) is 0 Å². The maximum absolute atomic E-state index is 11.8. The van der Waals surface area contributed by atoms with Crippen LogP contribution in [0.25, 0.3) is 0 Å². The van der Waals surface area contributed by atoms with E-state index >= 15 is 0 Å². The number of carboxylic acids is 1. The zero-order chi connectivity index (χ0) is 13.8. The van der Waals surface area contributed by atoms with Crippen LogP contribution in [0.15, 0.2) is 41.5 Å². The van der Waals surface area contributed by atoms with E-state index in [0.29, 0.717) is 5.75 Å². The number of aromatic nitrogens is 1. The molecule has 0 spiro atoms. The lowest BCUT2D eigenvalue weighted by molar-refractivity contribution is 0.0695. The van der Waals surface area contributed by atoms with Crippen molar-refractivity contribution in [1.29, 1.82) is 0 Å². The maximum atomic E-state index is 11.8. The van der Waals surface area contributed by atoms with Gasteiger partial charge >= 0.3 is 5.97 Å². The van der Waals surface area contributed by atoms with Gasteiger partial charge in [-0.1, -0.05) is 17.7 Å². The predicted molar refractivity (Wildman–Crippen MR) is 69.5 cm³/mol. The van der Waals surface area contributed by atoms with E-state index in [2.05, 4.69) is 4.98 Å². The lowest BCUT2D eigenvalue weighted by Gasteiger charge is -2.06. The van der Waals surface area contributed by atoms with Crippen molar-refractivity contribution in [3.05, 3.63) is 63.6 Å². The fraction of sp³-hybridized carbons (Fsp3) is 0.143. The third-order valence-corrected chi connectivity index (χ3v) is 2.67. The number of nitrogens with one attached hydrogen (secondary N) is 1. The van der Waals surface area contributed by atoms with Crippen LogP contribution in [-0.2, 0) is 6.61 Å². The van der Waals surface area contributed by atoms with E-state index in [1.54, 1.807) is 12.1 Å². The number of carboxylic acid groups (broad SMARTS) is 1. The van der Waals surface area contributed by atoms with Gasteiger partial charge in [0.1, 0.15) is 17.9 Å². The second-order valence-corrected chi connectivity index (χ2v) is 4.13. The highest BCUT2D eigenvalue weighted by molar-refractivity contribution is 5.87. The minimum Gasteiger partial charge on any atom is -0.489 e. The molecule has 0 aliphatic heterocycles. The van der Waals surface area contributed by atoms with E-state index in [-0.39, 0.29) is 17.7 Å². The van der Waals surface area contributed by atoms with Gasteiger partial charge in [0.25, 0.3) is 0 Å². The smallest absolute Gasteiger partial charge is 0.341 e. The Bertz CT molecular complexity index is 643. The van der Waals surface area contributed by atoms with Gasteiger partial charge in [0, 0.05) is 12.4 Å². The summed E-state index contributed by atoms with van der Waals surface area (Å²) in [6, 6.07) is 7.38. The molecule has 0 saturated heterocycles. The summed E-state index contributed by atoms with van der Waals surface area (Å²) in [5.74, 6) is -0.621. The molecule has 1 aromatic heterocycles. The van der Waals surface area contributed by atoms with Gasteiger partial charge in [0.05, 0.1) is 5.56 Å². The molecule has 0 saturated carbocycles. The monoisotopic (exact) mass is 259 g/mol. The van der Waals surface area contributed by atoms with Gasteiger partial charge in [0.15, 0.2) is 0 Å². The number of ether oxygens (including phenoxy) is 1. The number of hydrogen-bond acceptors (Lipinski definition) is 3. The normalized spacial score (nSPS) is 10.2. The zero-order valence-electron chi connectivity index (χ0n) is 10.3. The van der Waals surface area contributed by atoms with Crippen molar-refractivity contribution in [1.82, 2.24) is 4.98 Å². The molecule has 0 amide bonds. The van der Waals surface area contributed by atoms with Crippen LogP contribution in [-0.4, -0.2) is 16.1 Å². The zero-order valence-corrected chi connectivity index (χ0v) is 10.3. The average molecular weight is 259 g/mol. The average Bonchev–Trinajstić information content (AvgIpc) is 2.39. The van der Waals surface area contributed by atoms with E-state index < -0.39 is 11.4 Å². The Morgan fingerprint density at radius 1 is 1.26 bits per heavy atom. The summed E-state index contributed by atoms with van der Waals surface area (Å²) in [6.07, 6.45) is 2.61. The van der Waals surface area contributed by atoms with Gasteiger partial charge in [-0.05, 0) is 19.1 Å². The highest BCUT2D eigenvalue weighted by atomic mass is 16.5. The summed E-state index contributed by atoms with van der Waals surface area (Å²) < 4.78 is 5.45. The molecule has 0 radical (unpaired) electrons. The van der Waals surface area contributed by atoms with Crippen LogP contribution in [0.1, 0.15) is 21.5 Å². The molecule has 1 aromatic carbocycles. The predicted octanol–water partition coefficient (Wildman–Crippen LogP) is 1.96. The third-order valence-electron chi connectivity index (χ3n) is 2.67. The first-order valence-corrected chi connectivity index (χ1v) is 5.70. The number of hydrogen-bond donors (Lipinski definition) is 2. The van der Waals surface area contributed by atoms with E-state index in [0.717, 1.165) is 5.56 Å². The molecule has 19 heavy (non-hydrogen) atoms. The summed E-state index contributed by atoms with van der Waals surface area (Å²) in [5.41, 5.74) is 0.571. The number of rotatable bonds is 4. The molecule has 0 bridgehead atoms. The number of aromatic carboxylic acids is 1. The van der Waals surface area contributed by atoms with Crippen molar-refractivity contribution in [2.75, 3.05) is 0 Å². The Hall–Kier alpha value is -2.56. The second-order valence-electron chi connectivity index (χ2n) is 4.13. The molecule has 98 valence electrons. The van der Waals surface area contributed by atoms with Gasteiger partial charge in [0.2, 0.25) is 5.43 Å². The van der Waals surface area contributed by atoms with Crippen LogP contribution in [0.2, 0.25) is 0 Å². The molecule has 2 aromatic rings. The Kier molecular flexibility index (Phi) is 3.66. The molecule has 1 heterocycles. The maximum Gasteiger partial charge on any atom is 0.341 e. The van der Waals surface area contributed by atoms with Crippen LogP contribution >= 0.6 is 0 Å². The lowest BCUT2D eigenvalue weighted by atomic mass is 10.2. The van der Waals surface area contributed by atoms with Crippen molar-refractivity contribution in [3.8, 4) is 5.75 Å². The molecular weight excluding hydrogens is 246 g/mol.